The Morgan fingerprint density at radius 1 is 1.00 bits per heavy atom. The number of hydrogen-bond donors (Lipinski definition) is 1. The highest BCUT2D eigenvalue weighted by atomic mass is 16.2. The van der Waals surface area contributed by atoms with Crippen LogP contribution in [0.15, 0.2) is 48.5 Å². The number of hydrogen-bond acceptors (Lipinski definition) is 3. The summed E-state index contributed by atoms with van der Waals surface area (Å²) in [5, 5.41) is 3.00. The van der Waals surface area contributed by atoms with Crippen LogP contribution in [0, 0.1) is 6.92 Å². The second kappa shape index (κ2) is 8.28. The summed E-state index contributed by atoms with van der Waals surface area (Å²) in [5.41, 5.74) is 2.75. The number of aryl methyl sites for hydroxylation is 1. The molecule has 0 aromatic heterocycles. The minimum Gasteiger partial charge on any atom is -0.324 e. The van der Waals surface area contributed by atoms with E-state index in [1.807, 2.05) is 44.2 Å². The molecule has 2 aromatic carbocycles. The Kier molecular flexibility index (Phi) is 5.84. The number of rotatable bonds is 5. The Hall–Kier alpha value is -2.46. The van der Waals surface area contributed by atoms with Gasteiger partial charge < -0.3 is 5.32 Å². The summed E-state index contributed by atoms with van der Waals surface area (Å²) in [5.74, 6) is -0.133. The molecule has 0 radical (unpaired) electrons. The van der Waals surface area contributed by atoms with E-state index in [4.69, 9.17) is 0 Å². The monoisotopic (exact) mass is 350 g/mol. The van der Waals surface area contributed by atoms with Crippen molar-refractivity contribution in [1.29, 1.82) is 0 Å². The smallest absolute Gasteiger partial charge is 0.241 e. The number of carbonyl (C=O) groups is 2. The van der Waals surface area contributed by atoms with Gasteiger partial charge in [-0.1, -0.05) is 42.8 Å². The molecule has 1 aliphatic rings. The zero-order valence-corrected chi connectivity index (χ0v) is 15.5. The van der Waals surface area contributed by atoms with Gasteiger partial charge in [0.15, 0.2) is 5.78 Å². The summed E-state index contributed by atoms with van der Waals surface area (Å²) >= 11 is 0. The van der Waals surface area contributed by atoms with Crippen LogP contribution in [0.4, 0.5) is 5.69 Å². The zero-order chi connectivity index (χ0) is 18.5. The Morgan fingerprint density at radius 3 is 2.38 bits per heavy atom. The van der Waals surface area contributed by atoms with Crippen LogP contribution in [0.2, 0.25) is 0 Å². The maximum Gasteiger partial charge on any atom is 0.241 e. The molecular formula is C22H26N2O2. The second-order valence-electron chi connectivity index (χ2n) is 7.01. The van der Waals surface area contributed by atoms with Crippen molar-refractivity contribution in [2.24, 2.45) is 0 Å². The molecule has 1 aliphatic heterocycles. The van der Waals surface area contributed by atoms with E-state index in [0.29, 0.717) is 16.8 Å². The van der Waals surface area contributed by atoms with Crippen LogP contribution in [-0.2, 0) is 4.79 Å². The fourth-order valence-corrected chi connectivity index (χ4v) is 3.41. The van der Waals surface area contributed by atoms with E-state index in [-0.39, 0.29) is 17.7 Å². The zero-order valence-electron chi connectivity index (χ0n) is 15.5. The predicted molar refractivity (Wildman–Crippen MR) is 105 cm³/mol. The number of likely N-dealkylation sites (tertiary alicyclic amines) is 1. The molecule has 0 spiro atoms. The Labute approximate surface area is 155 Å². The maximum atomic E-state index is 12.9. The molecule has 1 heterocycles. The molecule has 136 valence electrons. The van der Waals surface area contributed by atoms with E-state index in [0.717, 1.165) is 31.5 Å². The van der Waals surface area contributed by atoms with Crippen molar-refractivity contribution in [3.8, 4) is 0 Å². The van der Waals surface area contributed by atoms with Crippen LogP contribution in [0.1, 0.15) is 47.7 Å². The van der Waals surface area contributed by atoms with Crippen molar-refractivity contribution in [3.05, 3.63) is 65.2 Å². The number of ketones is 1. The first-order valence-electron chi connectivity index (χ1n) is 9.31. The van der Waals surface area contributed by atoms with Gasteiger partial charge in [-0.25, -0.2) is 0 Å². The molecule has 1 saturated heterocycles. The predicted octanol–water partition coefficient (Wildman–Crippen LogP) is 4.04. The summed E-state index contributed by atoms with van der Waals surface area (Å²) in [6.45, 7) is 5.81. The summed E-state index contributed by atoms with van der Waals surface area (Å²) in [6.07, 6.45) is 3.51. The summed E-state index contributed by atoms with van der Waals surface area (Å²) < 4.78 is 0. The molecule has 1 N–H and O–H groups in total. The molecule has 4 nitrogen and oxygen atoms in total. The van der Waals surface area contributed by atoms with Gasteiger partial charge in [-0.2, -0.15) is 0 Å². The van der Waals surface area contributed by atoms with Crippen LogP contribution in [0.25, 0.3) is 0 Å². The molecule has 1 fully saturated rings. The molecule has 0 saturated carbocycles. The molecule has 0 unspecified atom stereocenters. The van der Waals surface area contributed by atoms with Crippen LogP contribution in [0.3, 0.4) is 0 Å². The van der Waals surface area contributed by atoms with E-state index in [1.54, 1.807) is 18.2 Å². The highest BCUT2D eigenvalue weighted by Crippen LogP contribution is 2.22. The lowest BCUT2D eigenvalue weighted by atomic mass is 10.00. The Balaban J connectivity index is 1.81. The van der Waals surface area contributed by atoms with Gasteiger partial charge in [0.25, 0.3) is 0 Å². The molecule has 1 atom stereocenters. The molecule has 3 rings (SSSR count). The van der Waals surface area contributed by atoms with E-state index in [1.165, 1.54) is 6.42 Å². The van der Waals surface area contributed by atoms with Crippen LogP contribution < -0.4 is 5.32 Å². The lowest BCUT2D eigenvalue weighted by molar-refractivity contribution is -0.121. The van der Waals surface area contributed by atoms with Gasteiger partial charge in [0.2, 0.25) is 5.91 Å². The first-order chi connectivity index (χ1) is 12.6. The van der Waals surface area contributed by atoms with Gasteiger partial charge in [-0.15, -0.1) is 0 Å². The third kappa shape index (κ3) is 4.20. The lowest BCUT2D eigenvalue weighted by Crippen LogP contribution is -2.44. The second-order valence-corrected chi connectivity index (χ2v) is 7.01. The van der Waals surface area contributed by atoms with Gasteiger partial charge in [0.1, 0.15) is 0 Å². The molecule has 26 heavy (non-hydrogen) atoms. The van der Waals surface area contributed by atoms with Crippen LogP contribution >= 0.6 is 0 Å². The largest absolute Gasteiger partial charge is 0.324 e. The normalized spacial score (nSPS) is 16.1. The number of piperidine rings is 1. The number of anilines is 1. The number of nitrogens with one attached hydrogen (secondary N) is 1. The van der Waals surface area contributed by atoms with Crippen molar-refractivity contribution < 1.29 is 9.59 Å². The number of nitrogens with zero attached hydrogens (tertiary/aromatic N) is 1. The average molecular weight is 350 g/mol. The van der Waals surface area contributed by atoms with Crippen molar-refractivity contribution in [2.45, 2.75) is 39.2 Å². The fourth-order valence-electron chi connectivity index (χ4n) is 3.41. The maximum absolute atomic E-state index is 12.9. The standard InChI is InChI=1S/C22H26N2O2/c1-16-11-12-19(21(25)18-9-5-3-6-10-18)20(15-16)23-22(26)17(2)24-13-7-4-8-14-24/h3,5-6,9-12,15,17H,4,7-8,13-14H2,1-2H3,(H,23,26)/t17-/m0/s1. The van der Waals surface area contributed by atoms with Crippen molar-refractivity contribution in [3.63, 3.8) is 0 Å². The highest BCUT2D eigenvalue weighted by Gasteiger charge is 2.24. The van der Waals surface area contributed by atoms with Crippen molar-refractivity contribution >= 4 is 17.4 Å². The first kappa shape index (κ1) is 18.3. The SMILES string of the molecule is Cc1ccc(C(=O)c2ccccc2)c(NC(=O)[C@H](C)N2CCCCC2)c1. The Morgan fingerprint density at radius 2 is 1.69 bits per heavy atom. The summed E-state index contributed by atoms with van der Waals surface area (Å²) in [6, 6.07) is 14.5. The minimum atomic E-state index is -0.199. The quantitative estimate of drug-likeness (QED) is 0.828. The fraction of sp³-hybridized carbons (Fsp3) is 0.364. The van der Waals surface area contributed by atoms with E-state index in [9.17, 15) is 9.59 Å². The molecule has 4 heteroatoms. The lowest BCUT2D eigenvalue weighted by Gasteiger charge is -2.31. The van der Waals surface area contributed by atoms with Gasteiger partial charge in [-0.3, -0.25) is 14.5 Å². The molecule has 2 aromatic rings. The molecule has 0 bridgehead atoms. The van der Waals surface area contributed by atoms with Gasteiger partial charge in [0, 0.05) is 11.1 Å². The first-order valence-corrected chi connectivity index (χ1v) is 9.31. The average Bonchev–Trinajstić information content (AvgIpc) is 2.68. The van der Waals surface area contributed by atoms with E-state index >= 15 is 0 Å². The highest BCUT2D eigenvalue weighted by molar-refractivity contribution is 6.14. The van der Waals surface area contributed by atoms with Crippen LogP contribution in [0.5, 0.6) is 0 Å². The van der Waals surface area contributed by atoms with Gasteiger partial charge in [0.05, 0.1) is 11.7 Å². The van der Waals surface area contributed by atoms with Crippen molar-refractivity contribution in [2.75, 3.05) is 18.4 Å². The molecule has 1 amide bonds. The topological polar surface area (TPSA) is 49.4 Å². The van der Waals surface area contributed by atoms with Gasteiger partial charge >= 0.3 is 0 Å². The summed E-state index contributed by atoms with van der Waals surface area (Å²) in [7, 11) is 0. The Bertz CT molecular complexity index is 780. The van der Waals surface area contributed by atoms with Crippen molar-refractivity contribution in [1.82, 2.24) is 4.90 Å². The van der Waals surface area contributed by atoms with E-state index < -0.39 is 0 Å². The molecular weight excluding hydrogens is 324 g/mol. The third-order valence-corrected chi connectivity index (χ3v) is 5.03. The number of amides is 1. The molecule has 0 aliphatic carbocycles. The third-order valence-electron chi connectivity index (χ3n) is 5.03. The van der Waals surface area contributed by atoms with Crippen LogP contribution in [-0.4, -0.2) is 35.7 Å². The summed E-state index contributed by atoms with van der Waals surface area (Å²) in [4.78, 5) is 27.9. The minimum absolute atomic E-state index is 0.0559. The number of benzene rings is 2. The number of carbonyl (C=O) groups excluding carboxylic acids is 2. The van der Waals surface area contributed by atoms with E-state index in [2.05, 4.69) is 10.2 Å². The van der Waals surface area contributed by atoms with Gasteiger partial charge in [-0.05, 0) is 57.5 Å².